The minimum absolute atomic E-state index is 0.0617. The minimum Gasteiger partial charge on any atom is -0.497 e. The van der Waals surface area contributed by atoms with Crippen LogP contribution in [0.4, 0.5) is 0 Å². The normalized spacial score (nSPS) is 11.2. The van der Waals surface area contributed by atoms with E-state index >= 15 is 0 Å². The molecule has 0 aliphatic heterocycles. The summed E-state index contributed by atoms with van der Waals surface area (Å²) in [6.07, 6.45) is -0.0617. The van der Waals surface area contributed by atoms with Gasteiger partial charge in [-0.25, -0.2) is 4.68 Å². The number of rotatable bonds is 5. The summed E-state index contributed by atoms with van der Waals surface area (Å²) in [7, 11) is 2.93. The summed E-state index contributed by atoms with van der Waals surface area (Å²) in [5.41, 5.74) is 2.85. The molecule has 0 bridgehead atoms. The second-order valence-electron chi connectivity index (χ2n) is 6.84. The van der Waals surface area contributed by atoms with Gasteiger partial charge in [-0.3, -0.25) is 4.79 Å². The van der Waals surface area contributed by atoms with Gasteiger partial charge >= 0.3 is 5.97 Å². The number of fused-ring (bicyclic) bond motifs is 3. The monoisotopic (exact) mass is 449 g/mol. The van der Waals surface area contributed by atoms with Crippen LogP contribution in [0.15, 0.2) is 48.5 Å². The maximum absolute atomic E-state index is 11.9. The van der Waals surface area contributed by atoms with Crippen molar-refractivity contribution in [2.75, 3.05) is 14.2 Å². The number of aromatic nitrogens is 7. The number of methoxy groups -OCH3 is 2. The Morgan fingerprint density at radius 1 is 1.00 bits per heavy atom. The van der Waals surface area contributed by atoms with Gasteiger partial charge in [-0.1, -0.05) is 11.6 Å². The van der Waals surface area contributed by atoms with Crippen LogP contribution in [0.5, 0.6) is 5.75 Å². The highest BCUT2D eigenvalue weighted by atomic mass is 35.5. The van der Waals surface area contributed by atoms with Crippen LogP contribution in [0.3, 0.4) is 0 Å². The van der Waals surface area contributed by atoms with E-state index in [1.807, 2.05) is 36.4 Å². The Morgan fingerprint density at radius 2 is 1.75 bits per heavy atom. The smallest absolute Gasteiger partial charge is 0.311 e. The molecule has 0 saturated carbocycles. The zero-order chi connectivity index (χ0) is 22.2. The number of hydrogen-bond acceptors (Lipinski definition) is 8. The lowest BCUT2D eigenvalue weighted by molar-refractivity contribution is -0.139. The van der Waals surface area contributed by atoms with Crippen LogP contribution < -0.4 is 4.74 Å². The van der Waals surface area contributed by atoms with E-state index in [1.165, 1.54) is 7.11 Å². The Bertz CT molecular complexity index is 1440. The van der Waals surface area contributed by atoms with Gasteiger partial charge in [-0.2, -0.15) is 14.6 Å². The first-order chi connectivity index (χ1) is 15.6. The summed E-state index contributed by atoms with van der Waals surface area (Å²) in [4.78, 5) is 16.4. The van der Waals surface area contributed by atoms with Crippen LogP contribution in [0, 0.1) is 0 Å². The molecule has 0 radical (unpaired) electrons. The maximum Gasteiger partial charge on any atom is 0.311 e. The van der Waals surface area contributed by atoms with E-state index in [2.05, 4.69) is 25.4 Å². The largest absolute Gasteiger partial charge is 0.497 e. The van der Waals surface area contributed by atoms with Crippen molar-refractivity contribution in [2.45, 2.75) is 6.42 Å². The molecule has 5 rings (SSSR count). The molecular weight excluding hydrogens is 434 g/mol. The summed E-state index contributed by atoms with van der Waals surface area (Å²) in [6, 6.07) is 14.5. The molecule has 0 fully saturated rings. The molecular formula is C21H16ClN7O3. The zero-order valence-electron chi connectivity index (χ0n) is 17.1. The minimum atomic E-state index is -0.438. The van der Waals surface area contributed by atoms with Gasteiger partial charge in [0, 0.05) is 10.6 Å². The molecule has 0 spiro atoms. The average Bonchev–Trinajstić information content (AvgIpc) is 3.41. The van der Waals surface area contributed by atoms with E-state index in [1.54, 1.807) is 28.4 Å². The summed E-state index contributed by atoms with van der Waals surface area (Å²) in [6.45, 7) is 0. The molecule has 3 aromatic heterocycles. The van der Waals surface area contributed by atoms with Gasteiger partial charge in [0.1, 0.15) is 11.4 Å². The van der Waals surface area contributed by atoms with Crippen molar-refractivity contribution >= 4 is 34.5 Å². The number of carbonyl (C=O) groups is 1. The molecule has 2 aromatic carbocycles. The van der Waals surface area contributed by atoms with E-state index < -0.39 is 5.97 Å². The SMILES string of the molecule is COC(=O)Cc1nn(-c2ccc(Cl)cc2)c2c1nnc1nc(-c3ccc(OC)cc3)nn12. The zero-order valence-corrected chi connectivity index (χ0v) is 17.8. The van der Waals surface area contributed by atoms with Gasteiger partial charge in [-0.15, -0.1) is 15.3 Å². The van der Waals surface area contributed by atoms with Crippen LogP contribution in [-0.4, -0.2) is 54.8 Å². The Hall–Kier alpha value is -4.05. The average molecular weight is 450 g/mol. The Balaban J connectivity index is 1.73. The molecule has 3 heterocycles. The van der Waals surface area contributed by atoms with Gasteiger partial charge in [0.2, 0.25) is 0 Å². The molecule has 160 valence electrons. The van der Waals surface area contributed by atoms with E-state index in [9.17, 15) is 4.79 Å². The number of hydrogen-bond donors (Lipinski definition) is 0. The van der Waals surface area contributed by atoms with Gasteiger partial charge in [0.15, 0.2) is 17.0 Å². The van der Waals surface area contributed by atoms with Gasteiger partial charge in [0.25, 0.3) is 5.78 Å². The second-order valence-corrected chi connectivity index (χ2v) is 7.27. The summed E-state index contributed by atoms with van der Waals surface area (Å²) in [5, 5.41) is 18.3. The number of carbonyl (C=O) groups excluding carboxylic acids is 1. The second kappa shape index (κ2) is 7.89. The van der Waals surface area contributed by atoms with Crippen LogP contribution in [-0.2, 0) is 16.0 Å². The molecule has 5 aromatic rings. The number of nitrogens with zero attached hydrogens (tertiary/aromatic N) is 7. The van der Waals surface area contributed by atoms with Crippen molar-refractivity contribution in [1.29, 1.82) is 0 Å². The van der Waals surface area contributed by atoms with Gasteiger partial charge in [-0.05, 0) is 48.5 Å². The van der Waals surface area contributed by atoms with E-state index in [0.29, 0.717) is 39.2 Å². The lowest BCUT2D eigenvalue weighted by Gasteiger charge is -2.03. The van der Waals surface area contributed by atoms with Crippen LogP contribution >= 0.6 is 11.6 Å². The van der Waals surface area contributed by atoms with Crippen LogP contribution in [0.25, 0.3) is 34.0 Å². The summed E-state index contributed by atoms with van der Waals surface area (Å²) >= 11 is 6.05. The summed E-state index contributed by atoms with van der Waals surface area (Å²) < 4.78 is 13.2. The maximum atomic E-state index is 11.9. The highest BCUT2D eigenvalue weighted by Crippen LogP contribution is 2.25. The van der Waals surface area contributed by atoms with Crippen molar-refractivity contribution in [2.24, 2.45) is 0 Å². The predicted molar refractivity (Wildman–Crippen MR) is 116 cm³/mol. The lowest BCUT2D eigenvalue weighted by Crippen LogP contribution is -2.06. The number of esters is 1. The lowest BCUT2D eigenvalue weighted by atomic mass is 10.2. The Kier molecular flexibility index (Phi) is 4.91. The Morgan fingerprint density at radius 3 is 2.44 bits per heavy atom. The topological polar surface area (TPSA) is 109 Å². The number of ether oxygens (including phenoxy) is 2. The molecule has 32 heavy (non-hydrogen) atoms. The van der Waals surface area contributed by atoms with Gasteiger partial charge < -0.3 is 9.47 Å². The van der Waals surface area contributed by atoms with E-state index in [4.69, 9.17) is 21.1 Å². The van der Waals surface area contributed by atoms with Crippen LogP contribution in [0.2, 0.25) is 5.02 Å². The molecule has 0 saturated heterocycles. The van der Waals surface area contributed by atoms with E-state index in [0.717, 1.165) is 11.3 Å². The van der Waals surface area contributed by atoms with Crippen molar-refractivity contribution in [1.82, 2.24) is 34.6 Å². The number of halogens is 1. The van der Waals surface area contributed by atoms with Crippen LogP contribution in [0.1, 0.15) is 5.69 Å². The molecule has 0 amide bonds. The molecule has 11 heteroatoms. The highest BCUT2D eigenvalue weighted by Gasteiger charge is 2.22. The molecule has 0 unspecified atom stereocenters. The third-order valence-corrected chi connectivity index (χ3v) is 5.15. The van der Waals surface area contributed by atoms with Crippen molar-refractivity contribution in [3.63, 3.8) is 0 Å². The predicted octanol–water partition coefficient (Wildman–Crippen LogP) is 2.90. The third-order valence-electron chi connectivity index (χ3n) is 4.90. The fourth-order valence-corrected chi connectivity index (χ4v) is 3.42. The highest BCUT2D eigenvalue weighted by molar-refractivity contribution is 6.30. The third kappa shape index (κ3) is 3.40. The molecule has 10 nitrogen and oxygen atoms in total. The fourth-order valence-electron chi connectivity index (χ4n) is 3.30. The molecule has 0 atom stereocenters. The molecule has 0 aliphatic rings. The van der Waals surface area contributed by atoms with Crippen molar-refractivity contribution in [3.05, 3.63) is 59.2 Å². The van der Waals surface area contributed by atoms with Crippen molar-refractivity contribution < 1.29 is 14.3 Å². The summed E-state index contributed by atoms with van der Waals surface area (Å²) in [5.74, 6) is 1.05. The van der Waals surface area contributed by atoms with E-state index in [-0.39, 0.29) is 6.42 Å². The molecule has 0 N–H and O–H groups in total. The van der Waals surface area contributed by atoms with Crippen molar-refractivity contribution in [3.8, 4) is 22.8 Å². The standard InChI is InChI=1S/C21H16ClN7O3/c1-31-15-9-3-12(4-10-15)19-23-21-25-24-18-16(11-17(30)32-2)26-28(20(18)29(21)27-19)14-7-5-13(22)6-8-14/h3-10H,11H2,1-2H3. The number of benzene rings is 2. The first-order valence-electron chi connectivity index (χ1n) is 9.55. The first kappa shape index (κ1) is 19.9. The first-order valence-corrected chi connectivity index (χ1v) is 9.93. The molecule has 0 aliphatic carbocycles. The Labute approximate surface area is 186 Å². The fraction of sp³-hybridized carbons (Fsp3) is 0.143. The quantitative estimate of drug-likeness (QED) is 0.377. The van der Waals surface area contributed by atoms with Gasteiger partial charge in [0.05, 0.1) is 26.3 Å².